The number of rotatable bonds is 5. The van der Waals surface area contributed by atoms with Crippen LogP contribution in [0, 0.1) is 5.92 Å². The second-order valence-electron chi connectivity index (χ2n) is 3.26. The average Bonchev–Trinajstić information content (AvgIpc) is 2.19. The third-order valence-corrected chi connectivity index (χ3v) is 2.88. The van der Waals surface area contributed by atoms with Crippen LogP contribution in [0.5, 0.6) is 0 Å². The Morgan fingerprint density at radius 2 is 2.00 bits per heavy atom. The molecule has 1 aromatic carbocycles. The fourth-order valence-corrected chi connectivity index (χ4v) is 1.18. The maximum absolute atomic E-state index is 5.54. The van der Waals surface area contributed by atoms with E-state index in [-0.39, 0.29) is 0 Å². The zero-order valence-corrected chi connectivity index (χ0v) is 9.46. The average molecular weight is 243 g/mol. The molecule has 0 bridgehead atoms. The Morgan fingerprint density at radius 1 is 1.31 bits per heavy atom. The van der Waals surface area contributed by atoms with E-state index in [1.807, 2.05) is 18.2 Å². The lowest BCUT2D eigenvalue weighted by atomic mass is 10.2. The Hall–Kier alpha value is -0.340. The third-order valence-electron chi connectivity index (χ3n) is 1.78. The number of hydrogen-bond acceptors (Lipinski definition) is 1. The molecule has 0 radical (unpaired) electrons. The highest BCUT2D eigenvalue weighted by atomic mass is 79.9. The van der Waals surface area contributed by atoms with Crippen LogP contribution in [0.4, 0.5) is 0 Å². The van der Waals surface area contributed by atoms with Gasteiger partial charge in [0, 0.05) is 5.33 Å². The van der Waals surface area contributed by atoms with Crippen molar-refractivity contribution in [3.05, 3.63) is 35.9 Å². The molecule has 0 aromatic heterocycles. The van der Waals surface area contributed by atoms with E-state index < -0.39 is 0 Å². The van der Waals surface area contributed by atoms with Crippen LogP contribution in [-0.4, -0.2) is 11.9 Å². The largest absolute Gasteiger partial charge is 0.376 e. The van der Waals surface area contributed by atoms with Crippen molar-refractivity contribution < 1.29 is 4.74 Å². The van der Waals surface area contributed by atoms with E-state index >= 15 is 0 Å². The van der Waals surface area contributed by atoms with Crippen molar-refractivity contribution in [1.82, 2.24) is 0 Å². The SMILES string of the molecule is C[C@H](CBr)COCc1ccccc1. The summed E-state index contributed by atoms with van der Waals surface area (Å²) in [4.78, 5) is 0. The first kappa shape index (κ1) is 10.7. The van der Waals surface area contributed by atoms with Crippen LogP contribution in [0.3, 0.4) is 0 Å². The third kappa shape index (κ3) is 4.44. The zero-order valence-electron chi connectivity index (χ0n) is 7.87. The van der Waals surface area contributed by atoms with Gasteiger partial charge in [0.05, 0.1) is 13.2 Å². The molecule has 0 saturated heterocycles. The fraction of sp³-hybridized carbons (Fsp3) is 0.455. The summed E-state index contributed by atoms with van der Waals surface area (Å²) in [7, 11) is 0. The van der Waals surface area contributed by atoms with E-state index in [2.05, 4.69) is 35.0 Å². The highest BCUT2D eigenvalue weighted by Crippen LogP contribution is 2.04. The van der Waals surface area contributed by atoms with E-state index in [9.17, 15) is 0 Å². The van der Waals surface area contributed by atoms with Gasteiger partial charge in [-0.2, -0.15) is 0 Å². The molecule has 0 unspecified atom stereocenters. The van der Waals surface area contributed by atoms with Crippen LogP contribution in [0.2, 0.25) is 0 Å². The standard InChI is InChI=1S/C11H15BrO/c1-10(7-12)8-13-9-11-5-3-2-4-6-11/h2-6,10H,7-9H2,1H3/t10-/m1/s1. The van der Waals surface area contributed by atoms with Gasteiger partial charge in [-0.3, -0.25) is 0 Å². The van der Waals surface area contributed by atoms with E-state index in [0.717, 1.165) is 18.5 Å². The predicted octanol–water partition coefficient (Wildman–Crippen LogP) is 3.23. The van der Waals surface area contributed by atoms with Gasteiger partial charge in [0.2, 0.25) is 0 Å². The molecule has 0 amide bonds. The fourth-order valence-electron chi connectivity index (χ4n) is 0.997. The molecule has 1 atom stereocenters. The molecule has 0 aliphatic heterocycles. The van der Waals surface area contributed by atoms with Crippen molar-refractivity contribution in [2.24, 2.45) is 5.92 Å². The second kappa shape index (κ2) is 6.17. The molecule has 0 saturated carbocycles. The van der Waals surface area contributed by atoms with Crippen molar-refractivity contribution >= 4 is 15.9 Å². The van der Waals surface area contributed by atoms with Gasteiger partial charge in [-0.15, -0.1) is 0 Å². The van der Waals surface area contributed by atoms with Crippen LogP contribution in [-0.2, 0) is 11.3 Å². The molecule has 2 heteroatoms. The van der Waals surface area contributed by atoms with Crippen LogP contribution in [0.15, 0.2) is 30.3 Å². The van der Waals surface area contributed by atoms with Crippen LogP contribution in [0.25, 0.3) is 0 Å². The first-order valence-corrected chi connectivity index (χ1v) is 5.62. The zero-order chi connectivity index (χ0) is 9.52. The number of benzene rings is 1. The molecule has 0 aliphatic rings. The van der Waals surface area contributed by atoms with Crippen molar-refractivity contribution in [1.29, 1.82) is 0 Å². The van der Waals surface area contributed by atoms with E-state index in [1.165, 1.54) is 5.56 Å². The Kier molecular flexibility index (Phi) is 5.09. The normalized spacial score (nSPS) is 12.8. The number of alkyl halides is 1. The summed E-state index contributed by atoms with van der Waals surface area (Å²) in [6.07, 6.45) is 0. The molecule has 72 valence electrons. The molecular formula is C11H15BrO. The van der Waals surface area contributed by atoms with Gasteiger partial charge in [-0.25, -0.2) is 0 Å². The number of hydrogen-bond donors (Lipinski definition) is 0. The quantitative estimate of drug-likeness (QED) is 0.721. The van der Waals surface area contributed by atoms with Gasteiger partial charge in [-0.1, -0.05) is 53.2 Å². The first-order valence-electron chi connectivity index (χ1n) is 4.50. The van der Waals surface area contributed by atoms with Gasteiger partial charge in [0.25, 0.3) is 0 Å². The molecule has 1 aromatic rings. The first-order chi connectivity index (χ1) is 6.33. The van der Waals surface area contributed by atoms with Gasteiger partial charge < -0.3 is 4.74 Å². The number of halogens is 1. The van der Waals surface area contributed by atoms with Gasteiger partial charge >= 0.3 is 0 Å². The summed E-state index contributed by atoms with van der Waals surface area (Å²) in [5, 5.41) is 1.00. The monoisotopic (exact) mass is 242 g/mol. The number of ether oxygens (including phenoxy) is 1. The Balaban J connectivity index is 2.20. The molecule has 0 spiro atoms. The van der Waals surface area contributed by atoms with Crippen LogP contribution >= 0.6 is 15.9 Å². The minimum Gasteiger partial charge on any atom is -0.376 e. The summed E-state index contributed by atoms with van der Waals surface area (Å²) in [5.74, 6) is 0.587. The molecule has 0 fully saturated rings. The minimum atomic E-state index is 0.587. The van der Waals surface area contributed by atoms with Gasteiger partial charge in [-0.05, 0) is 11.5 Å². The van der Waals surface area contributed by atoms with Gasteiger partial charge in [0.15, 0.2) is 0 Å². The van der Waals surface area contributed by atoms with Crippen molar-refractivity contribution in [3.63, 3.8) is 0 Å². The Morgan fingerprint density at radius 3 is 2.62 bits per heavy atom. The van der Waals surface area contributed by atoms with Crippen LogP contribution < -0.4 is 0 Å². The highest BCUT2D eigenvalue weighted by molar-refractivity contribution is 9.09. The Bertz CT molecular complexity index is 223. The van der Waals surface area contributed by atoms with Crippen molar-refractivity contribution in [3.8, 4) is 0 Å². The van der Waals surface area contributed by atoms with Crippen molar-refractivity contribution in [2.75, 3.05) is 11.9 Å². The summed E-state index contributed by atoms with van der Waals surface area (Å²) in [5.41, 5.74) is 1.24. The molecular weight excluding hydrogens is 228 g/mol. The molecule has 0 aliphatic carbocycles. The molecule has 1 nitrogen and oxygen atoms in total. The van der Waals surface area contributed by atoms with Crippen LogP contribution in [0.1, 0.15) is 12.5 Å². The second-order valence-corrected chi connectivity index (χ2v) is 3.91. The smallest absolute Gasteiger partial charge is 0.0717 e. The lowest BCUT2D eigenvalue weighted by Gasteiger charge is -2.08. The minimum absolute atomic E-state index is 0.587. The maximum Gasteiger partial charge on any atom is 0.0717 e. The molecule has 13 heavy (non-hydrogen) atoms. The predicted molar refractivity (Wildman–Crippen MR) is 59.1 cm³/mol. The topological polar surface area (TPSA) is 9.23 Å². The summed E-state index contributed by atoms with van der Waals surface area (Å²) < 4.78 is 5.54. The highest BCUT2D eigenvalue weighted by Gasteiger charge is 1.99. The Labute approximate surface area is 88.2 Å². The van der Waals surface area contributed by atoms with E-state index in [4.69, 9.17) is 4.74 Å². The summed E-state index contributed by atoms with van der Waals surface area (Å²) in [6, 6.07) is 10.3. The lowest BCUT2D eigenvalue weighted by molar-refractivity contribution is 0.0985. The summed E-state index contributed by atoms with van der Waals surface area (Å²) >= 11 is 3.42. The van der Waals surface area contributed by atoms with E-state index in [1.54, 1.807) is 0 Å². The molecule has 0 N–H and O–H groups in total. The lowest BCUT2D eigenvalue weighted by Crippen LogP contribution is -2.06. The summed E-state index contributed by atoms with van der Waals surface area (Å²) in [6.45, 7) is 3.71. The molecule has 1 rings (SSSR count). The van der Waals surface area contributed by atoms with Gasteiger partial charge in [0.1, 0.15) is 0 Å². The molecule has 0 heterocycles. The maximum atomic E-state index is 5.54. The van der Waals surface area contributed by atoms with E-state index in [0.29, 0.717) is 5.92 Å². The van der Waals surface area contributed by atoms with Crippen molar-refractivity contribution in [2.45, 2.75) is 13.5 Å².